The third-order valence-electron chi connectivity index (χ3n) is 6.19. The Morgan fingerprint density at radius 2 is 1.90 bits per heavy atom. The molecule has 3 N–H and O–H groups in total. The van der Waals surface area contributed by atoms with E-state index in [-0.39, 0.29) is 11.6 Å². The molecule has 2 aromatic heterocycles. The molecule has 0 amide bonds. The third-order valence-corrected chi connectivity index (χ3v) is 7.10. The molecule has 2 unspecified atom stereocenters. The number of nitrogens with one attached hydrogen (secondary N) is 2. The van der Waals surface area contributed by atoms with Gasteiger partial charge >= 0.3 is 5.97 Å². The Labute approximate surface area is 230 Å². The minimum Gasteiger partial charge on any atom is -0.494 e. The quantitative estimate of drug-likeness (QED) is 0.261. The van der Waals surface area contributed by atoms with Gasteiger partial charge in [0, 0.05) is 23.5 Å². The number of sulfonamides is 1. The van der Waals surface area contributed by atoms with E-state index in [0.29, 0.717) is 33.8 Å². The Balaban J connectivity index is 1.57. The van der Waals surface area contributed by atoms with Gasteiger partial charge in [0.2, 0.25) is 10.0 Å². The highest BCUT2D eigenvalue weighted by Crippen LogP contribution is 2.44. The number of aromatic nitrogens is 1. The van der Waals surface area contributed by atoms with Crippen LogP contribution < -0.4 is 19.7 Å². The number of aromatic carboxylic acids is 1. The van der Waals surface area contributed by atoms with Crippen molar-refractivity contribution in [3.63, 3.8) is 0 Å². The molecule has 0 spiro atoms. The van der Waals surface area contributed by atoms with E-state index >= 15 is 0 Å². The number of carbonyl (C=O) groups is 1. The Hall–Kier alpha value is -4.42. The Morgan fingerprint density at radius 3 is 2.54 bits per heavy atom. The first-order chi connectivity index (χ1) is 18.6. The van der Waals surface area contributed by atoms with Gasteiger partial charge in [0.1, 0.15) is 23.3 Å². The lowest BCUT2D eigenvalue weighted by Gasteiger charge is -2.26. The molecule has 39 heavy (non-hydrogen) atoms. The summed E-state index contributed by atoms with van der Waals surface area (Å²) in [6.45, 7) is 0. The first-order valence-electron chi connectivity index (χ1n) is 11.7. The second-order valence-electron chi connectivity index (χ2n) is 8.84. The number of thiocarbonyl (C=S) groups is 1. The molecule has 200 valence electrons. The molecule has 2 aromatic carbocycles. The molecule has 3 heterocycles. The lowest BCUT2D eigenvalue weighted by atomic mass is 10.0. The summed E-state index contributed by atoms with van der Waals surface area (Å²) in [6, 6.07) is 19.9. The third kappa shape index (κ3) is 5.42. The topological polar surface area (TPSA) is 134 Å². The average molecular weight is 565 g/mol. The summed E-state index contributed by atoms with van der Waals surface area (Å²) in [7, 11) is -2.07. The number of nitrogens with zero attached hydrogens (tertiary/aromatic N) is 2. The molecule has 1 aliphatic heterocycles. The van der Waals surface area contributed by atoms with Crippen LogP contribution in [-0.2, 0) is 10.0 Å². The van der Waals surface area contributed by atoms with Gasteiger partial charge < -0.3 is 24.5 Å². The number of rotatable bonds is 8. The lowest BCUT2D eigenvalue weighted by Crippen LogP contribution is -2.29. The van der Waals surface area contributed by atoms with Crippen LogP contribution in [0.15, 0.2) is 83.4 Å². The van der Waals surface area contributed by atoms with Gasteiger partial charge in [0.05, 0.1) is 36.4 Å². The molecule has 12 heteroatoms. The number of hydrogen-bond acceptors (Lipinski definition) is 7. The summed E-state index contributed by atoms with van der Waals surface area (Å²) in [4.78, 5) is 17.6. The smallest absolute Gasteiger partial charge is 0.335 e. The molecule has 1 fully saturated rings. The van der Waals surface area contributed by atoms with Gasteiger partial charge in [-0.25, -0.2) is 13.2 Å². The molecular formula is C27H24N4O6S2. The highest BCUT2D eigenvalue weighted by atomic mass is 32.2. The van der Waals surface area contributed by atoms with Crippen LogP contribution in [-0.4, -0.2) is 43.0 Å². The van der Waals surface area contributed by atoms with Gasteiger partial charge in [-0.2, -0.15) is 0 Å². The van der Waals surface area contributed by atoms with Gasteiger partial charge in [0.25, 0.3) is 0 Å². The van der Waals surface area contributed by atoms with Gasteiger partial charge in [-0.15, -0.1) is 0 Å². The zero-order chi connectivity index (χ0) is 27.7. The number of anilines is 2. The first-order valence-corrected chi connectivity index (χ1v) is 14.0. The van der Waals surface area contributed by atoms with Crippen LogP contribution in [0.1, 0.15) is 33.9 Å². The standard InChI is InChI=1S/C27H24N4O6S2/c1-36-23-15-18(10-11-19(23)30-39(2,34)35)31-25(24(29-27(31)38)20-5-3-4-14-28-20)22-13-12-21(37-22)16-6-8-17(9-7-16)26(32)33/h3-15,24-25,30H,1-2H3,(H,29,38)(H,32,33). The molecule has 2 atom stereocenters. The maximum Gasteiger partial charge on any atom is 0.335 e. The SMILES string of the molecule is COc1cc(N2C(=S)NC(c3ccccn3)C2c2ccc(-c3ccc(C(=O)O)cc3)o2)ccc1NS(C)(=O)=O. The van der Waals surface area contributed by atoms with Crippen LogP contribution in [0.5, 0.6) is 5.75 Å². The number of ether oxygens (including phenoxy) is 1. The molecule has 0 saturated carbocycles. The fourth-order valence-corrected chi connectivity index (χ4v) is 5.39. The Kier molecular flexibility index (Phi) is 6.98. The summed E-state index contributed by atoms with van der Waals surface area (Å²) in [5, 5.41) is 13.0. The average Bonchev–Trinajstić information content (AvgIpc) is 3.53. The van der Waals surface area contributed by atoms with Crippen molar-refractivity contribution >= 4 is 44.7 Å². The molecular weight excluding hydrogens is 540 g/mol. The highest BCUT2D eigenvalue weighted by Gasteiger charge is 2.42. The van der Waals surface area contributed by atoms with Crippen molar-refractivity contribution in [2.24, 2.45) is 0 Å². The van der Waals surface area contributed by atoms with Crippen molar-refractivity contribution in [2.75, 3.05) is 23.0 Å². The number of hydrogen-bond donors (Lipinski definition) is 3. The van der Waals surface area contributed by atoms with Gasteiger partial charge in [0.15, 0.2) is 5.11 Å². The second-order valence-corrected chi connectivity index (χ2v) is 11.0. The fraction of sp³-hybridized carbons (Fsp3) is 0.148. The summed E-state index contributed by atoms with van der Waals surface area (Å²) in [5.41, 5.74) is 2.59. The lowest BCUT2D eigenvalue weighted by molar-refractivity contribution is 0.0697. The largest absolute Gasteiger partial charge is 0.494 e. The van der Waals surface area contributed by atoms with Crippen molar-refractivity contribution in [1.29, 1.82) is 0 Å². The number of carboxylic acids is 1. The van der Waals surface area contributed by atoms with Crippen LogP contribution in [0.3, 0.4) is 0 Å². The molecule has 5 rings (SSSR count). The molecule has 4 aromatic rings. The predicted octanol–water partition coefficient (Wildman–Crippen LogP) is 4.60. The zero-order valence-corrected chi connectivity index (χ0v) is 22.5. The number of pyridine rings is 1. The van der Waals surface area contributed by atoms with Crippen molar-refractivity contribution in [2.45, 2.75) is 12.1 Å². The monoisotopic (exact) mass is 564 g/mol. The highest BCUT2D eigenvalue weighted by molar-refractivity contribution is 7.92. The molecule has 1 aliphatic rings. The fourth-order valence-electron chi connectivity index (χ4n) is 4.48. The van der Waals surface area contributed by atoms with Crippen molar-refractivity contribution in [1.82, 2.24) is 10.3 Å². The van der Waals surface area contributed by atoms with Gasteiger partial charge in [-0.05, 0) is 60.7 Å². The summed E-state index contributed by atoms with van der Waals surface area (Å²) in [6.07, 6.45) is 2.77. The number of methoxy groups -OCH3 is 1. The van der Waals surface area contributed by atoms with Crippen LogP contribution in [0.25, 0.3) is 11.3 Å². The van der Waals surface area contributed by atoms with Crippen LogP contribution in [0, 0.1) is 0 Å². The van der Waals surface area contributed by atoms with Crippen molar-refractivity contribution in [3.05, 3.63) is 96.0 Å². The van der Waals surface area contributed by atoms with Crippen molar-refractivity contribution in [3.8, 4) is 17.1 Å². The van der Waals surface area contributed by atoms with Gasteiger partial charge in [-0.1, -0.05) is 18.2 Å². The molecule has 10 nitrogen and oxygen atoms in total. The Bertz CT molecular complexity index is 1640. The van der Waals surface area contributed by atoms with Gasteiger partial charge in [-0.3, -0.25) is 9.71 Å². The van der Waals surface area contributed by atoms with Crippen molar-refractivity contribution < 1.29 is 27.5 Å². The summed E-state index contributed by atoms with van der Waals surface area (Å²) < 4.78 is 37.9. The number of furan rings is 1. The normalized spacial score (nSPS) is 17.1. The second kappa shape index (κ2) is 10.4. The maximum atomic E-state index is 11.8. The van der Waals surface area contributed by atoms with Crippen LogP contribution >= 0.6 is 12.2 Å². The molecule has 1 saturated heterocycles. The summed E-state index contributed by atoms with van der Waals surface area (Å²) >= 11 is 5.75. The van der Waals surface area contributed by atoms with E-state index in [2.05, 4.69) is 15.0 Å². The minimum absolute atomic E-state index is 0.181. The van der Waals surface area contributed by atoms with Crippen LogP contribution in [0.2, 0.25) is 0 Å². The van der Waals surface area contributed by atoms with E-state index in [9.17, 15) is 18.3 Å². The Morgan fingerprint density at radius 1 is 1.13 bits per heavy atom. The molecule has 0 radical (unpaired) electrons. The maximum absolute atomic E-state index is 11.8. The number of carboxylic acid groups (broad SMARTS) is 1. The first kappa shape index (κ1) is 26.2. The zero-order valence-electron chi connectivity index (χ0n) is 20.9. The van der Waals surface area contributed by atoms with E-state index in [4.69, 9.17) is 21.4 Å². The minimum atomic E-state index is -3.52. The number of benzene rings is 2. The van der Waals surface area contributed by atoms with E-state index < -0.39 is 22.0 Å². The van der Waals surface area contributed by atoms with Crippen LogP contribution in [0.4, 0.5) is 11.4 Å². The summed E-state index contributed by atoms with van der Waals surface area (Å²) in [5.74, 6) is 0.464. The predicted molar refractivity (Wildman–Crippen MR) is 150 cm³/mol. The van der Waals surface area contributed by atoms with E-state index in [1.807, 2.05) is 35.2 Å². The molecule has 0 aliphatic carbocycles. The van der Waals surface area contributed by atoms with E-state index in [1.54, 1.807) is 36.5 Å². The van der Waals surface area contributed by atoms with E-state index in [1.165, 1.54) is 19.2 Å². The van der Waals surface area contributed by atoms with E-state index in [0.717, 1.165) is 17.5 Å². The molecule has 0 bridgehead atoms.